The molecular formula is C19H21ClN2OS. The van der Waals surface area contributed by atoms with E-state index in [1.165, 1.54) is 4.90 Å². The molecule has 2 aromatic carbocycles. The van der Waals surface area contributed by atoms with Gasteiger partial charge in [-0.25, -0.2) is 0 Å². The van der Waals surface area contributed by atoms with Crippen LogP contribution in [-0.2, 0) is 0 Å². The SMILES string of the molecule is CN1CCN(C2c3cc(Cl)ccc3Sc3ccccc3C2O)CC1. The number of piperazine rings is 1. The largest absolute Gasteiger partial charge is 0.386 e. The summed E-state index contributed by atoms with van der Waals surface area (Å²) in [6, 6.07) is 14.2. The fourth-order valence-corrected chi connectivity index (χ4v) is 4.92. The lowest BCUT2D eigenvalue weighted by Gasteiger charge is -2.40. The van der Waals surface area contributed by atoms with E-state index in [9.17, 15) is 5.11 Å². The van der Waals surface area contributed by atoms with Crippen LogP contribution in [0, 0.1) is 0 Å². The number of aliphatic hydroxyl groups excluding tert-OH is 1. The van der Waals surface area contributed by atoms with Crippen molar-refractivity contribution in [3.05, 3.63) is 58.6 Å². The molecule has 0 aliphatic carbocycles. The third-order valence-corrected chi connectivity index (χ3v) is 6.40. The van der Waals surface area contributed by atoms with Crippen molar-refractivity contribution in [3.8, 4) is 0 Å². The van der Waals surface area contributed by atoms with Crippen LogP contribution in [0.2, 0.25) is 5.02 Å². The van der Waals surface area contributed by atoms with Crippen LogP contribution in [0.15, 0.2) is 52.3 Å². The van der Waals surface area contributed by atoms with Gasteiger partial charge in [0.1, 0.15) is 0 Å². The van der Waals surface area contributed by atoms with Crippen molar-refractivity contribution < 1.29 is 5.11 Å². The second kappa shape index (κ2) is 6.70. The molecule has 1 fully saturated rings. The molecule has 2 aliphatic rings. The number of likely N-dealkylation sites (N-methyl/N-ethyl adjacent to an activating group) is 1. The summed E-state index contributed by atoms with van der Waals surface area (Å²) in [7, 11) is 2.15. The molecule has 0 aromatic heterocycles. The van der Waals surface area contributed by atoms with Crippen LogP contribution in [0.3, 0.4) is 0 Å². The highest BCUT2D eigenvalue weighted by molar-refractivity contribution is 7.99. The highest BCUT2D eigenvalue weighted by atomic mass is 35.5. The predicted octanol–water partition coefficient (Wildman–Crippen LogP) is 3.83. The predicted molar refractivity (Wildman–Crippen MR) is 98.8 cm³/mol. The van der Waals surface area contributed by atoms with Gasteiger partial charge >= 0.3 is 0 Å². The van der Waals surface area contributed by atoms with E-state index in [0.717, 1.165) is 47.2 Å². The number of nitrogens with zero attached hydrogens (tertiary/aromatic N) is 2. The molecule has 0 radical (unpaired) electrons. The van der Waals surface area contributed by atoms with E-state index in [1.807, 2.05) is 30.3 Å². The second-order valence-electron chi connectivity index (χ2n) is 6.55. The van der Waals surface area contributed by atoms with Gasteiger partial charge in [-0.1, -0.05) is 41.6 Å². The summed E-state index contributed by atoms with van der Waals surface area (Å²) in [5.74, 6) is 0. The Balaban J connectivity index is 1.82. The molecule has 1 N–H and O–H groups in total. The van der Waals surface area contributed by atoms with Gasteiger partial charge in [-0.3, -0.25) is 4.90 Å². The van der Waals surface area contributed by atoms with Gasteiger partial charge in [-0.15, -0.1) is 0 Å². The number of aliphatic hydroxyl groups is 1. The van der Waals surface area contributed by atoms with Gasteiger partial charge in [-0.05, 0) is 42.4 Å². The summed E-state index contributed by atoms with van der Waals surface area (Å²) >= 11 is 8.03. The Labute approximate surface area is 152 Å². The lowest BCUT2D eigenvalue weighted by atomic mass is 9.94. The molecule has 0 saturated carbocycles. The monoisotopic (exact) mass is 360 g/mol. The average molecular weight is 361 g/mol. The number of halogens is 1. The Hall–Kier alpha value is -1.04. The van der Waals surface area contributed by atoms with Crippen molar-refractivity contribution in [2.75, 3.05) is 33.2 Å². The normalized spacial score (nSPS) is 25.0. The Bertz CT molecular complexity index is 746. The zero-order valence-corrected chi connectivity index (χ0v) is 15.2. The van der Waals surface area contributed by atoms with E-state index in [0.29, 0.717) is 0 Å². The minimum atomic E-state index is -0.545. The maximum absolute atomic E-state index is 11.2. The first-order valence-corrected chi connectivity index (χ1v) is 9.50. The first-order valence-electron chi connectivity index (χ1n) is 8.30. The van der Waals surface area contributed by atoms with Crippen LogP contribution in [0.1, 0.15) is 23.3 Å². The molecule has 126 valence electrons. The van der Waals surface area contributed by atoms with E-state index in [1.54, 1.807) is 11.8 Å². The third kappa shape index (κ3) is 2.98. The first-order chi connectivity index (χ1) is 11.6. The van der Waals surface area contributed by atoms with Crippen LogP contribution in [0.4, 0.5) is 0 Å². The van der Waals surface area contributed by atoms with Crippen LogP contribution in [-0.4, -0.2) is 48.1 Å². The highest BCUT2D eigenvalue weighted by Crippen LogP contribution is 2.48. The summed E-state index contributed by atoms with van der Waals surface area (Å²) < 4.78 is 0. The summed E-state index contributed by atoms with van der Waals surface area (Å²) in [4.78, 5) is 7.06. The summed E-state index contributed by atoms with van der Waals surface area (Å²) in [5.41, 5.74) is 2.15. The lowest BCUT2D eigenvalue weighted by Crippen LogP contribution is -2.47. The zero-order chi connectivity index (χ0) is 16.7. The van der Waals surface area contributed by atoms with E-state index < -0.39 is 6.10 Å². The van der Waals surface area contributed by atoms with Crippen molar-refractivity contribution in [2.24, 2.45) is 0 Å². The molecule has 24 heavy (non-hydrogen) atoms. The first kappa shape index (κ1) is 16.4. The van der Waals surface area contributed by atoms with E-state index in [-0.39, 0.29) is 6.04 Å². The topological polar surface area (TPSA) is 26.7 Å². The Morgan fingerprint density at radius 1 is 1.00 bits per heavy atom. The molecule has 4 rings (SSSR count). The second-order valence-corrected chi connectivity index (χ2v) is 8.07. The van der Waals surface area contributed by atoms with Gasteiger partial charge in [0.2, 0.25) is 0 Å². The van der Waals surface area contributed by atoms with E-state index in [4.69, 9.17) is 11.6 Å². The lowest BCUT2D eigenvalue weighted by molar-refractivity contribution is 0.0195. The zero-order valence-electron chi connectivity index (χ0n) is 13.7. The number of hydrogen-bond acceptors (Lipinski definition) is 4. The molecule has 2 unspecified atom stereocenters. The fourth-order valence-electron chi connectivity index (χ4n) is 3.62. The molecule has 2 aromatic rings. The molecule has 2 atom stereocenters. The van der Waals surface area contributed by atoms with Crippen molar-refractivity contribution in [3.63, 3.8) is 0 Å². The summed E-state index contributed by atoms with van der Waals surface area (Å²) in [6.45, 7) is 3.95. The number of benzene rings is 2. The van der Waals surface area contributed by atoms with Crippen LogP contribution < -0.4 is 0 Å². The Morgan fingerprint density at radius 3 is 2.50 bits per heavy atom. The van der Waals surface area contributed by atoms with E-state index in [2.05, 4.69) is 29.0 Å². The Kier molecular flexibility index (Phi) is 4.58. The van der Waals surface area contributed by atoms with Crippen molar-refractivity contribution in [1.82, 2.24) is 9.80 Å². The molecule has 0 spiro atoms. The minimum absolute atomic E-state index is 0.0523. The van der Waals surface area contributed by atoms with Crippen LogP contribution in [0.25, 0.3) is 0 Å². The average Bonchev–Trinajstić information content (AvgIpc) is 2.70. The van der Waals surface area contributed by atoms with Crippen molar-refractivity contribution in [2.45, 2.75) is 21.9 Å². The molecule has 0 bridgehead atoms. The van der Waals surface area contributed by atoms with Crippen LogP contribution >= 0.6 is 23.4 Å². The van der Waals surface area contributed by atoms with E-state index >= 15 is 0 Å². The van der Waals surface area contributed by atoms with Gasteiger partial charge < -0.3 is 10.0 Å². The molecule has 2 heterocycles. The van der Waals surface area contributed by atoms with Gasteiger partial charge in [0.05, 0.1) is 12.1 Å². The Morgan fingerprint density at radius 2 is 1.71 bits per heavy atom. The van der Waals surface area contributed by atoms with Crippen molar-refractivity contribution in [1.29, 1.82) is 0 Å². The van der Waals surface area contributed by atoms with Gasteiger partial charge in [0.15, 0.2) is 0 Å². The molecule has 5 heteroatoms. The summed E-state index contributed by atoms with van der Waals surface area (Å²) in [6.07, 6.45) is -0.545. The minimum Gasteiger partial charge on any atom is -0.386 e. The van der Waals surface area contributed by atoms with Gasteiger partial charge in [-0.2, -0.15) is 0 Å². The molecule has 2 aliphatic heterocycles. The van der Waals surface area contributed by atoms with Crippen molar-refractivity contribution >= 4 is 23.4 Å². The fraction of sp³-hybridized carbons (Fsp3) is 0.368. The van der Waals surface area contributed by atoms with Crippen LogP contribution in [0.5, 0.6) is 0 Å². The standard InChI is InChI=1S/C19H21ClN2OS/c1-21-8-10-22(11-9-21)18-15-12-13(20)6-7-17(15)24-16-5-3-2-4-14(16)19(18)23/h2-7,12,18-19,23H,8-11H2,1H3. The quantitative estimate of drug-likeness (QED) is 0.836. The molecule has 0 amide bonds. The third-order valence-electron chi connectivity index (χ3n) is 4.98. The van der Waals surface area contributed by atoms with Gasteiger partial charge in [0.25, 0.3) is 0 Å². The summed E-state index contributed by atoms with van der Waals surface area (Å²) in [5, 5.41) is 12.0. The molecular weight excluding hydrogens is 340 g/mol. The highest BCUT2D eigenvalue weighted by Gasteiger charge is 2.35. The molecule has 1 saturated heterocycles. The molecule has 3 nitrogen and oxygen atoms in total. The number of fused-ring (bicyclic) bond motifs is 2. The number of hydrogen-bond donors (Lipinski definition) is 1. The maximum Gasteiger partial charge on any atom is 0.0998 e. The number of rotatable bonds is 1. The smallest absolute Gasteiger partial charge is 0.0998 e. The maximum atomic E-state index is 11.2. The van der Waals surface area contributed by atoms with Gasteiger partial charge in [0, 0.05) is 41.0 Å².